The molecule has 1 heterocycles. The number of rotatable bonds is 1. The van der Waals surface area contributed by atoms with Crippen LogP contribution in [0.25, 0.3) is 10.8 Å². The van der Waals surface area contributed by atoms with E-state index in [0.29, 0.717) is 5.39 Å². The van der Waals surface area contributed by atoms with Gasteiger partial charge >= 0.3 is 0 Å². The third kappa shape index (κ3) is 3.56. The van der Waals surface area contributed by atoms with Crippen LogP contribution < -0.4 is 0 Å². The molecule has 0 aliphatic carbocycles. The van der Waals surface area contributed by atoms with Gasteiger partial charge in [0.05, 0.1) is 12.4 Å². The van der Waals surface area contributed by atoms with Crippen molar-refractivity contribution >= 4 is 20.9 Å². The highest BCUT2D eigenvalue weighted by molar-refractivity contribution is 7.86. The molecule has 20 heavy (non-hydrogen) atoms. The number of nitrogens with zero attached hydrogens (tertiary/aromatic N) is 3. The number of hydrogen-bond donors (Lipinski definition) is 1. The minimum atomic E-state index is -4.13. The number of benzene rings is 2. The van der Waals surface area contributed by atoms with Crippen molar-refractivity contribution in [1.29, 1.82) is 0 Å². The third-order valence-electron chi connectivity index (χ3n) is 2.44. The molecule has 102 valence electrons. The lowest BCUT2D eigenvalue weighted by molar-refractivity contribution is 0.484. The van der Waals surface area contributed by atoms with Crippen LogP contribution in [-0.2, 0) is 10.1 Å². The van der Waals surface area contributed by atoms with Crippen molar-refractivity contribution in [2.75, 3.05) is 0 Å². The Morgan fingerprint density at radius 2 is 1.50 bits per heavy atom. The SMILES string of the molecule is O=S(=O)(O)c1cccc2ccccc12.c1cnnnc1. The maximum atomic E-state index is 11.0. The van der Waals surface area contributed by atoms with Gasteiger partial charge in [0.25, 0.3) is 10.1 Å². The van der Waals surface area contributed by atoms with Crippen LogP contribution in [0.4, 0.5) is 0 Å². The molecule has 0 atom stereocenters. The second-order valence-corrected chi connectivity index (χ2v) is 5.15. The van der Waals surface area contributed by atoms with Crippen LogP contribution in [0.5, 0.6) is 0 Å². The lowest BCUT2D eigenvalue weighted by Gasteiger charge is -2.02. The van der Waals surface area contributed by atoms with Crippen LogP contribution in [0.1, 0.15) is 0 Å². The van der Waals surface area contributed by atoms with E-state index in [1.807, 2.05) is 6.07 Å². The van der Waals surface area contributed by atoms with Gasteiger partial charge in [-0.15, -0.1) is 10.2 Å². The van der Waals surface area contributed by atoms with Gasteiger partial charge in [-0.25, -0.2) is 0 Å². The van der Waals surface area contributed by atoms with Crippen LogP contribution in [-0.4, -0.2) is 28.4 Å². The zero-order valence-electron chi connectivity index (χ0n) is 10.3. The summed E-state index contributed by atoms with van der Waals surface area (Å²) in [7, 11) is -4.13. The van der Waals surface area contributed by atoms with E-state index >= 15 is 0 Å². The molecule has 0 fully saturated rings. The van der Waals surface area contributed by atoms with Gasteiger partial charge in [-0.1, -0.05) is 36.4 Å². The van der Waals surface area contributed by atoms with Crippen molar-refractivity contribution in [3.8, 4) is 0 Å². The molecule has 2 aromatic carbocycles. The van der Waals surface area contributed by atoms with E-state index < -0.39 is 10.1 Å². The van der Waals surface area contributed by atoms with Gasteiger partial charge in [0.1, 0.15) is 4.90 Å². The molecule has 1 aromatic heterocycles. The summed E-state index contributed by atoms with van der Waals surface area (Å²) in [4.78, 5) is -0.0457. The van der Waals surface area contributed by atoms with Crippen molar-refractivity contribution in [1.82, 2.24) is 15.4 Å². The van der Waals surface area contributed by atoms with Gasteiger partial charge in [-0.2, -0.15) is 8.42 Å². The Labute approximate surface area is 115 Å². The zero-order valence-corrected chi connectivity index (χ0v) is 11.1. The number of hydrogen-bond acceptors (Lipinski definition) is 5. The fourth-order valence-electron chi connectivity index (χ4n) is 1.63. The fraction of sp³-hybridized carbons (Fsp3) is 0. The van der Waals surface area contributed by atoms with Crippen LogP contribution in [0.3, 0.4) is 0 Å². The molecule has 0 aliphatic rings. The molecule has 0 amide bonds. The number of aromatic nitrogens is 3. The minimum Gasteiger partial charge on any atom is -0.282 e. The molecule has 7 heteroatoms. The Balaban J connectivity index is 0.000000205. The predicted octanol–water partition coefficient (Wildman–Crippen LogP) is 1.96. The standard InChI is InChI=1S/C10H8O3S.C3H3N3/c11-14(12,13)10-7-3-5-8-4-1-2-6-9(8)10;1-2-4-6-5-3-1/h1-7H,(H,11,12,13);1-3H. The zero-order chi connectivity index (χ0) is 14.4. The first kappa shape index (κ1) is 14.0. The molecular formula is C13H11N3O3S. The van der Waals surface area contributed by atoms with Gasteiger partial charge < -0.3 is 0 Å². The van der Waals surface area contributed by atoms with Crippen LogP contribution in [0.15, 0.2) is 65.8 Å². The molecule has 3 rings (SSSR count). The summed E-state index contributed by atoms with van der Waals surface area (Å²) in [5.41, 5.74) is 0. The largest absolute Gasteiger partial charge is 0.295 e. The average Bonchev–Trinajstić information content (AvgIpc) is 2.48. The monoisotopic (exact) mass is 289 g/mol. The highest BCUT2D eigenvalue weighted by Gasteiger charge is 2.12. The Bertz CT molecular complexity index is 760. The quantitative estimate of drug-likeness (QED) is 0.688. The second kappa shape index (κ2) is 6.18. The van der Waals surface area contributed by atoms with E-state index in [1.54, 1.807) is 48.8 Å². The van der Waals surface area contributed by atoms with Crippen molar-refractivity contribution in [2.24, 2.45) is 0 Å². The summed E-state index contributed by atoms with van der Waals surface area (Å²) in [6.07, 6.45) is 3.15. The molecule has 0 aliphatic heterocycles. The summed E-state index contributed by atoms with van der Waals surface area (Å²) in [5.74, 6) is 0. The Hall–Kier alpha value is -2.38. The highest BCUT2D eigenvalue weighted by atomic mass is 32.2. The van der Waals surface area contributed by atoms with Crippen LogP contribution in [0.2, 0.25) is 0 Å². The predicted molar refractivity (Wildman–Crippen MR) is 73.6 cm³/mol. The molecule has 0 radical (unpaired) electrons. The molecule has 0 saturated carbocycles. The van der Waals surface area contributed by atoms with Crippen LogP contribution in [0, 0.1) is 0 Å². The fourth-order valence-corrected chi connectivity index (χ4v) is 2.34. The Morgan fingerprint density at radius 1 is 0.850 bits per heavy atom. The maximum Gasteiger partial charge on any atom is 0.295 e. The molecule has 0 bridgehead atoms. The van der Waals surface area contributed by atoms with Crippen molar-refractivity contribution in [3.63, 3.8) is 0 Å². The van der Waals surface area contributed by atoms with Crippen molar-refractivity contribution < 1.29 is 13.0 Å². The summed E-state index contributed by atoms with van der Waals surface area (Å²) in [6.45, 7) is 0. The Kier molecular flexibility index (Phi) is 4.34. The molecule has 0 unspecified atom stereocenters. The molecule has 1 N–H and O–H groups in total. The first-order valence-corrected chi connectivity index (χ1v) is 7.06. The normalized spacial score (nSPS) is 10.7. The van der Waals surface area contributed by atoms with Crippen molar-refractivity contribution in [2.45, 2.75) is 4.90 Å². The first-order chi connectivity index (χ1) is 9.59. The molecule has 0 spiro atoms. The smallest absolute Gasteiger partial charge is 0.282 e. The van der Waals surface area contributed by atoms with Crippen molar-refractivity contribution in [3.05, 3.63) is 60.9 Å². The number of fused-ring (bicyclic) bond motifs is 1. The van der Waals surface area contributed by atoms with Gasteiger partial charge in [0.15, 0.2) is 0 Å². The first-order valence-electron chi connectivity index (χ1n) is 5.62. The van der Waals surface area contributed by atoms with E-state index in [1.165, 1.54) is 6.07 Å². The highest BCUT2D eigenvalue weighted by Crippen LogP contribution is 2.21. The van der Waals surface area contributed by atoms with E-state index in [0.717, 1.165) is 5.39 Å². The maximum absolute atomic E-state index is 11.0. The lowest BCUT2D eigenvalue weighted by Crippen LogP contribution is -1.98. The topological polar surface area (TPSA) is 93.0 Å². The molecular weight excluding hydrogens is 278 g/mol. The third-order valence-corrected chi connectivity index (χ3v) is 3.35. The van der Waals surface area contributed by atoms with E-state index in [2.05, 4.69) is 15.4 Å². The average molecular weight is 289 g/mol. The molecule has 0 saturated heterocycles. The van der Waals surface area contributed by atoms with Gasteiger partial charge in [-0.3, -0.25) is 4.55 Å². The van der Waals surface area contributed by atoms with Gasteiger partial charge in [0.2, 0.25) is 0 Å². The summed E-state index contributed by atoms with van der Waals surface area (Å²) in [5, 5.41) is 11.5. The van der Waals surface area contributed by atoms with E-state index in [4.69, 9.17) is 4.55 Å². The van der Waals surface area contributed by atoms with Crippen LogP contribution >= 0.6 is 0 Å². The van der Waals surface area contributed by atoms with Gasteiger partial charge in [-0.05, 0) is 22.7 Å². The second-order valence-electron chi connectivity index (χ2n) is 3.76. The van der Waals surface area contributed by atoms with E-state index in [-0.39, 0.29) is 4.90 Å². The summed E-state index contributed by atoms with van der Waals surface area (Å²) < 4.78 is 31.0. The van der Waals surface area contributed by atoms with Gasteiger partial charge in [0, 0.05) is 5.39 Å². The van der Waals surface area contributed by atoms with E-state index in [9.17, 15) is 8.42 Å². The molecule has 3 aromatic rings. The Morgan fingerprint density at radius 3 is 2.05 bits per heavy atom. The summed E-state index contributed by atoms with van der Waals surface area (Å²) in [6, 6.07) is 13.5. The minimum absolute atomic E-state index is 0.0457. The lowest BCUT2D eigenvalue weighted by atomic mass is 10.1. The molecule has 6 nitrogen and oxygen atoms in total. The summed E-state index contributed by atoms with van der Waals surface area (Å²) >= 11 is 0.